The van der Waals surface area contributed by atoms with Crippen molar-refractivity contribution in [1.82, 2.24) is 15.1 Å². The molecule has 1 amide bonds. The van der Waals surface area contributed by atoms with Gasteiger partial charge in [-0.25, -0.2) is 4.79 Å². The van der Waals surface area contributed by atoms with Gasteiger partial charge in [-0.3, -0.25) is 4.79 Å². The highest BCUT2D eigenvalue weighted by atomic mass is 16.5. The molecule has 2 aliphatic rings. The van der Waals surface area contributed by atoms with Crippen LogP contribution in [0.1, 0.15) is 31.2 Å². The van der Waals surface area contributed by atoms with Crippen LogP contribution in [-0.4, -0.2) is 87.7 Å². The molecule has 2 saturated heterocycles. The Bertz CT molecular complexity index is 699. The van der Waals surface area contributed by atoms with Gasteiger partial charge in [-0.05, 0) is 57.5 Å². The number of hydrogen-bond donors (Lipinski definition) is 1. The van der Waals surface area contributed by atoms with Gasteiger partial charge in [0.15, 0.2) is 0 Å². The summed E-state index contributed by atoms with van der Waals surface area (Å²) in [5.74, 6) is -0.309. The van der Waals surface area contributed by atoms with E-state index in [-0.39, 0.29) is 11.9 Å². The van der Waals surface area contributed by atoms with Gasteiger partial charge in [0.1, 0.15) is 6.04 Å². The first-order chi connectivity index (χ1) is 14.5. The van der Waals surface area contributed by atoms with E-state index < -0.39 is 6.04 Å². The number of rotatable bonds is 8. The zero-order chi connectivity index (χ0) is 21.5. The molecule has 0 saturated carbocycles. The summed E-state index contributed by atoms with van der Waals surface area (Å²) >= 11 is 0. The molecule has 0 aromatic heterocycles. The van der Waals surface area contributed by atoms with E-state index in [0.717, 1.165) is 51.0 Å². The molecular weight excluding hydrogens is 380 g/mol. The molecule has 1 aromatic carbocycles. The van der Waals surface area contributed by atoms with Gasteiger partial charge in [0.25, 0.3) is 0 Å². The summed E-state index contributed by atoms with van der Waals surface area (Å²) in [5.41, 5.74) is 2.20. The van der Waals surface area contributed by atoms with Crippen LogP contribution in [0.2, 0.25) is 0 Å². The molecule has 3 rings (SSSR count). The van der Waals surface area contributed by atoms with Crippen LogP contribution in [-0.2, 0) is 20.7 Å². The zero-order valence-corrected chi connectivity index (χ0v) is 18.6. The Kier molecular flexibility index (Phi) is 8.10. The highest BCUT2D eigenvalue weighted by Gasteiger charge is 2.34. The monoisotopic (exact) mass is 416 g/mol. The van der Waals surface area contributed by atoms with Crippen LogP contribution in [0.25, 0.3) is 0 Å². The lowest BCUT2D eigenvalue weighted by Crippen LogP contribution is -2.44. The SMILES string of the molecule is COC(=O)[C@@H]1CCCN1C(=O)Cc1ccc(N2CCC(NCCN(C)C)CC2)cc1. The molecule has 1 aromatic rings. The van der Waals surface area contributed by atoms with E-state index in [4.69, 9.17) is 4.74 Å². The second-order valence-electron chi connectivity index (χ2n) is 8.63. The number of likely N-dealkylation sites (N-methyl/N-ethyl adjacent to an activating group) is 1. The Morgan fingerprint density at radius 2 is 1.80 bits per heavy atom. The van der Waals surface area contributed by atoms with Crippen LogP contribution in [0.5, 0.6) is 0 Å². The fourth-order valence-electron chi connectivity index (χ4n) is 4.38. The average molecular weight is 417 g/mol. The van der Waals surface area contributed by atoms with Crippen LogP contribution in [0.4, 0.5) is 5.69 Å². The lowest BCUT2D eigenvalue weighted by Gasteiger charge is -2.34. The third kappa shape index (κ3) is 5.95. The Morgan fingerprint density at radius 1 is 1.10 bits per heavy atom. The van der Waals surface area contributed by atoms with Crippen molar-refractivity contribution in [2.75, 3.05) is 58.8 Å². The van der Waals surface area contributed by atoms with Crippen molar-refractivity contribution in [3.63, 3.8) is 0 Å². The number of benzene rings is 1. The van der Waals surface area contributed by atoms with E-state index in [0.29, 0.717) is 25.4 Å². The first-order valence-electron chi connectivity index (χ1n) is 11.1. The molecule has 1 N–H and O–H groups in total. The number of amides is 1. The number of carbonyl (C=O) groups is 2. The highest BCUT2D eigenvalue weighted by molar-refractivity contribution is 5.86. The molecule has 0 spiro atoms. The second-order valence-corrected chi connectivity index (χ2v) is 8.63. The Morgan fingerprint density at radius 3 is 2.43 bits per heavy atom. The minimum absolute atomic E-state index is 0.000243. The third-order valence-electron chi connectivity index (χ3n) is 6.19. The third-order valence-corrected chi connectivity index (χ3v) is 6.19. The number of esters is 1. The molecule has 2 heterocycles. The number of nitrogens with zero attached hydrogens (tertiary/aromatic N) is 3. The van der Waals surface area contributed by atoms with Gasteiger partial charge in [0.2, 0.25) is 5.91 Å². The molecule has 1 atom stereocenters. The maximum atomic E-state index is 12.7. The molecule has 30 heavy (non-hydrogen) atoms. The molecule has 0 unspecified atom stereocenters. The van der Waals surface area contributed by atoms with Crippen LogP contribution >= 0.6 is 0 Å². The van der Waals surface area contributed by atoms with Gasteiger partial charge in [-0.15, -0.1) is 0 Å². The molecule has 166 valence electrons. The van der Waals surface area contributed by atoms with Gasteiger partial charge in [-0.2, -0.15) is 0 Å². The summed E-state index contributed by atoms with van der Waals surface area (Å²) < 4.78 is 4.84. The highest BCUT2D eigenvalue weighted by Crippen LogP contribution is 2.23. The number of anilines is 1. The standard InChI is InChI=1S/C23H36N4O3/c1-25(2)16-12-24-19-10-14-26(15-11-19)20-8-6-18(7-9-20)17-22(28)27-13-4-5-21(27)23(29)30-3/h6-9,19,21,24H,4-5,10-17H2,1-3H3/t21-/m0/s1. The number of nitrogens with one attached hydrogen (secondary N) is 1. The van der Waals surface area contributed by atoms with Crippen molar-refractivity contribution in [3.8, 4) is 0 Å². The van der Waals surface area contributed by atoms with Crippen molar-refractivity contribution < 1.29 is 14.3 Å². The largest absolute Gasteiger partial charge is 0.467 e. The summed E-state index contributed by atoms with van der Waals surface area (Å²) in [5, 5.41) is 3.65. The van der Waals surface area contributed by atoms with Gasteiger partial charge in [-0.1, -0.05) is 12.1 Å². The second kappa shape index (κ2) is 10.8. The quantitative estimate of drug-likeness (QED) is 0.648. The molecule has 0 aliphatic carbocycles. The maximum Gasteiger partial charge on any atom is 0.328 e. The van der Waals surface area contributed by atoms with E-state index in [1.54, 1.807) is 4.90 Å². The number of hydrogen-bond acceptors (Lipinski definition) is 6. The van der Waals surface area contributed by atoms with E-state index in [2.05, 4.69) is 41.3 Å². The van der Waals surface area contributed by atoms with Crippen molar-refractivity contribution >= 4 is 17.6 Å². The first-order valence-corrected chi connectivity index (χ1v) is 11.1. The number of likely N-dealkylation sites (tertiary alicyclic amines) is 1. The minimum atomic E-state index is -0.422. The van der Waals surface area contributed by atoms with Crippen LogP contribution in [0.3, 0.4) is 0 Å². The van der Waals surface area contributed by atoms with Crippen molar-refractivity contribution in [2.24, 2.45) is 0 Å². The van der Waals surface area contributed by atoms with E-state index in [1.807, 2.05) is 12.1 Å². The molecule has 7 heteroatoms. The van der Waals surface area contributed by atoms with Gasteiger partial charge in [0, 0.05) is 44.5 Å². The molecule has 2 aliphatic heterocycles. The maximum absolute atomic E-state index is 12.7. The summed E-state index contributed by atoms with van der Waals surface area (Å²) in [7, 11) is 5.58. The number of methoxy groups -OCH3 is 1. The summed E-state index contributed by atoms with van der Waals surface area (Å²) in [6.45, 7) is 4.83. The smallest absolute Gasteiger partial charge is 0.328 e. The van der Waals surface area contributed by atoms with Gasteiger partial charge < -0.3 is 24.8 Å². The van der Waals surface area contributed by atoms with Crippen LogP contribution in [0.15, 0.2) is 24.3 Å². The Balaban J connectivity index is 1.47. The fourth-order valence-corrected chi connectivity index (χ4v) is 4.38. The van der Waals surface area contributed by atoms with E-state index >= 15 is 0 Å². The lowest BCUT2D eigenvalue weighted by molar-refractivity contribution is -0.150. The van der Waals surface area contributed by atoms with E-state index in [1.165, 1.54) is 12.8 Å². The Hall–Kier alpha value is -2.12. The number of ether oxygens (including phenoxy) is 1. The molecule has 0 radical (unpaired) electrons. The minimum Gasteiger partial charge on any atom is -0.467 e. The number of piperidine rings is 1. The topological polar surface area (TPSA) is 65.1 Å². The molecule has 7 nitrogen and oxygen atoms in total. The average Bonchev–Trinajstić information content (AvgIpc) is 3.24. The zero-order valence-electron chi connectivity index (χ0n) is 18.6. The molecular formula is C23H36N4O3. The van der Waals surface area contributed by atoms with Crippen LogP contribution in [0, 0.1) is 0 Å². The molecule has 2 fully saturated rings. The first kappa shape index (κ1) is 22.6. The van der Waals surface area contributed by atoms with Crippen molar-refractivity contribution in [2.45, 2.75) is 44.2 Å². The van der Waals surface area contributed by atoms with Crippen molar-refractivity contribution in [1.29, 1.82) is 0 Å². The normalized spacial score (nSPS) is 20.1. The van der Waals surface area contributed by atoms with E-state index in [9.17, 15) is 9.59 Å². The Labute approximate surface area is 180 Å². The fraction of sp³-hybridized carbons (Fsp3) is 0.652. The predicted molar refractivity (Wildman–Crippen MR) is 119 cm³/mol. The van der Waals surface area contributed by atoms with Gasteiger partial charge in [0.05, 0.1) is 13.5 Å². The molecule has 0 bridgehead atoms. The summed E-state index contributed by atoms with van der Waals surface area (Å²) in [4.78, 5) is 30.9. The summed E-state index contributed by atoms with van der Waals surface area (Å²) in [6.07, 6.45) is 4.17. The van der Waals surface area contributed by atoms with Gasteiger partial charge >= 0.3 is 5.97 Å². The summed E-state index contributed by atoms with van der Waals surface area (Å²) in [6, 6.07) is 8.49. The predicted octanol–water partition coefficient (Wildman–Crippen LogP) is 1.51. The number of carbonyl (C=O) groups excluding carboxylic acids is 2. The lowest BCUT2D eigenvalue weighted by atomic mass is 10.0. The van der Waals surface area contributed by atoms with Crippen LogP contribution < -0.4 is 10.2 Å². The van der Waals surface area contributed by atoms with Crippen molar-refractivity contribution in [3.05, 3.63) is 29.8 Å².